The minimum atomic E-state index is 0.102. The van der Waals surface area contributed by atoms with Crippen molar-refractivity contribution in [1.82, 2.24) is 9.97 Å². The zero-order valence-corrected chi connectivity index (χ0v) is 9.75. The van der Waals surface area contributed by atoms with E-state index in [9.17, 15) is 0 Å². The maximum Gasteiger partial charge on any atom is 0.222 e. The highest BCUT2D eigenvalue weighted by Crippen LogP contribution is 2.35. The molecule has 1 aliphatic rings. The molecule has 1 aromatic rings. The first-order chi connectivity index (χ1) is 7.00. The van der Waals surface area contributed by atoms with Gasteiger partial charge in [-0.25, -0.2) is 4.98 Å². The number of aromatic nitrogens is 2. The van der Waals surface area contributed by atoms with Gasteiger partial charge < -0.3 is 10.6 Å². The van der Waals surface area contributed by atoms with Crippen molar-refractivity contribution in [2.45, 2.75) is 32.2 Å². The lowest BCUT2D eigenvalue weighted by Crippen LogP contribution is -2.39. The molecule has 15 heavy (non-hydrogen) atoms. The molecular weight excluding hydrogens is 212 g/mol. The lowest BCUT2D eigenvalue weighted by molar-refractivity contribution is 0.514. The Labute approximate surface area is 94.5 Å². The van der Waals surface area contributed by atoms with E-state index in [2.05, 4.69) is 28.7 Å². The summed E-state index contributed by atoms with van der Waals surface area (Å²) in [7, 11) is 0. The molecule has 1 aromatic heterocycles. The molecule has 0 radical (unpaired) electrons. The van der Waals surface area contributed by atoms with Gasteiger partial charge in [0.2, 0.25) is 5.95 Å². The van der Waals surface area contributed by atoms with Crippen molar-refractivity contribution in [3.05, 3.63) is 11.2 Å². The number of anilines is 2. The summed E-state index contributed by atoms with van der Waals surface area (Å²) in [5.41, 5.74) is 5.68. The van der Waals surface area contributed by atoms with Crippen LogP contribution >= 0.6 is 11.6 Å². The molecule has 0 saturated carbocycles. The van der Waals surface area contributed by atoms with Gasteiger partial charge in [-0.15, -0.1) is 0 Å². The molecule has 0 spiro atoms. The zero-order chi connectivity index (χ0) is 11.1. The fourth-order valence-electron chi connectivity index (χ4n) is 2.06. The van der Waals surface area contributed by atoms with Crippen molar-refractivity contribution < 1.29 is 0 Å². The number of halogens is 1. The van der Waals surface area contributed by atoms with E-state index >= 15 is 0 Å². The van der Waals surface area contributed by atoms with Gasteiger partial charge >= 0.3 is 0 Å². The lowest BCUT2D eigenvalue weighted by Gasteiger charge is -2.33. The Bertz CT molecular complexity index is 378. The highest BCUT2D eigenvalue weighted by atomic mass is 35.5. The Morgan fingerprint density at radius 3 is 2.87 bits per heavy atom. The van der Waals surface area contributed by atoms with Crippen LogP contribution in [0.1, 0.15) is 26.7 Å². The molecule has 0 bridgehead atoms. The van der Waals surface area contributed by atoms with Crippen LogP contribution in [0.25, 0.3) is 0 Å². The monoisotopic (exact) mass is 226 g/mol. The Morgan fingerprint density at radius 2 is 2.27 bits per heavy atom. The summed E-state index contributed by atoms with van der Waals surface area (Å²) >= 11 is 6.08. The summed E-state index contributed by atoms with van der Waals surface area (Å²) in [5.74, 6) is 1.03. The minimum Gasteiger partial charge on any atom is -0.368 e. The van der Waals surface area contributed by atoms with Crippen LogP contribution in [0.2, 0.25) is 5.02 Å². The fourth-order valence-corrected chi connectivity index (χ4v) is 2.25. The third kappa shape index (κ3) is 1.86. The van der Waals surface area contributed by atoms with Crippen LogP contribution in [0, 0.1) is 0 Å². The fraction of sp³-hybridized carbons (Fsp3) is 0.600. The van der Waals surface area contributed by atoms with Crippen LogP contribution < -0.4 is 10.6 Å². The second-order valence-electron chi connectivity index (χ2n) is 4.47. The van der Waals surface area contributed by atoms with Crippen LogP contribution in [0.4, 0.5) is 11.8 Å². The molecule has 5 heteroatoms. The Morgan fingerprint density at radius 1 is 1.53 bits per heavy atom. The van der Waals surface area contributed by atoms with Gasteiger partial charge in [0.15, 0.2) is 5.82 Å². The van der Waals surface area contributed by atoms with Crippen LogP contribution in [0.5, 0.6) is 0 Å². The average molecular weight is 227 g/mol. The zero-order valence-electron chi connectivity index (χ0n) is 9.00. The predicted molar refractivity (Wildman–Crippen MR) is 62.1 cm³/mol. The van der Waals surface area contributed by atoms with Crippen LogP contribution in [-0.2, 0) is 0 Å². The molecule has 0 amide bonds. The third-order valence-corrected chi connectivity index (χ3v) is 3.17. The van der Waals surface area contributed by atoms with Gasteiger partial charge in [0.05, 0.1) is 6.20 Å². The van der Waals surface area contributed by atoms with Crippen molar-refractivity contribution in [2.75, 3.05) is 17.2 Å². The van der Waals surface area contributed by atoms with E-state index in [4.69, 9.17) is 17.3 Å². The Hall–Kier alpha value is -1.03. The highest BCUT2D eigenvalue weighted by molar-refractivity contribution is 6.32. The van der Waals surface area contributed by atoms with E-state index in [1.807, 2.05) is 0 Å². The molecule has 1 aliphatic heterocycles. The number of nitrogen functional groups attached to an aromatic ring is 1. The van der Waals surface area contributed by atoms with Gasteiger partial charge in [-0.2, -0.15) is 4.98 Å². The Balaban J connectivity index is 2.40. The van der Waals surface area contributed by atoms with Crippen molar-refractivity contribution in [2.24, 2.45) is 0 Å². The molecule has 0 aliphatic carbocycles. The van der Waals surface area contributed by atoms with E-state index in [0.29, 0.717) is 5.02 Å². The molecule has 0 unspecified atom stereocenters. The average Bonchev–Trinajstić information content (AvgIpc) is 2.50. The topological polar surface area (TPSA) is 55.0 Å². The highest BCUT2D eigenvalue weighted by Gasteiger charge is 2.34. The van der Waals surface area contributed by atoms with Gasteiger partial charge in [0.25, 0.3) is 0 Å². The first kappa shape index (κ1) is 10.5. The van der Waals surface area contributed by atoms with Gasteiger partial charge in [0, 0.05) is 12.1 Å². The number of rotatable bonds is 1. The SMILES string of the molecule is CC1(C)CCCN1c1nc(N)ncc1Cl. The first-order valence-corrected chi connectivity index (χ1v) is 5.44. The van der Waals surface area contributed by atoms with Gasteiger partial charge in [-0.3, -0.25) is 0 Å². The first-order valence-electron chi connectivity index (χ1n) is 5.06. The van der Waals surface area contributed by atoms with E-state index in [-0.39, 0.29) is 11.5 Å². The predicted octanol–water partition coefficient (Wildman–Crippen LogP) is 2.09. The number of nitrogens with two attached hydrogens (primary N) is 1. The quantitative estimate of drug-likeness (QED) is 0.797. The van der Waals surface area contributed by atoms with Gasteiger partial charge in [-0.05, 0) is 26.7 Å². The van der Waals surface area contributed by atoms with Crippen molar-refractivity contribution in [3.8, 4) is 0 Å². The molecule has 1 fully saturated rings. The van der Waals surface area contributed by atoms with E-state index in [1.54, 1.807) is 6.20 Å². The standard InChI is InChI=1S/C10H15ClN4/c1-10(2)4-3-5-15(10)8-7(11)6-13-9(12)14-8/h6H,3-5H2,1-2H3,(H2,12,13,14). The van der Waals surface area contributed by atoms with E-state index in [1.165, 1.54) is 0 Å². The molecule has 1 saturated heterocycles. The molecule has 0 atom stereocenters. The van der Waals surface area contributed by atoms with Gasteiger partial charge in [0.1, 0.15) is 5.02 Å². The van der Waals surface area contributed by atoms with Crippen molar-refractivity contribution in [3.63, 3.8) is 0 Å². The third-order valence-electron chi connectivity index (χ3n) is 2.90. The van der Waals surface area contributed by atoms with Crippen molar-refractivity contribution in [1.29, 1.82) is 0 Å². The van der Waals surface area contributed by atoms with E-state index < -0.39 is 0 Å². The molecular formula is C10H15ClN4. The number of hydrogen-bond acceptors (Lipinski definition) is 4. The summed E-state index contributed by atoms with van der Waals surface area (Å²) in [6.07, 6.45) is 3.87. The van der Waals surface area contributed by atoms with Crippen molar-refractivity contribution >= 4 is 23.4 Å². The normalized spacial score (nSPS) is 19.5. The summed E-state index contributed by atoms with van der Waals surface area (Å²) in [4.78, 5) is 10.3. The molecule has 82 valence electrons. The summed E-state index contributed by atoms with van der Waals surface area (Å²) in [6.45, 7) is 5.35. The number of nitrogens with zero attached hydrogens (tertiary/aromatic N) is 3. The second kappa shape index (κ2) is 3.52. The maximum absolute atomic E-state index is 6.08. The molecule has 2 rings (SSSR count). The molecule has 2 N–H and O–H groups in total. The minimum absolute atomic E-state index is 0.102. The summed E-state index contributed by atoms with van der Waals surface area (Å²) < 4.78 is 0. The second-order valence-corrected chi connectivity index (χ2v) is 4.87. The van der Waals surface area contributed by atoms with Crippen LogP contribution in [0.3, 0.4) is 0 Å². The van der Waals surface area contributed by atoms with Crippen LogP contribution in [-0.4, -0.2) is 22.1 Å². The number of hydrogen-bond donors (Lipinski definition) is 1. The summed E-state index contributed by atoms with van der Waals surface area (Å²) in [6, 6.07) is 0. The Kier molecular flexibility index (Phi) is 2.46. The van der Waals surface area contributed by atoms with Crippen LogP contribution in [0.15, 0.2) is 6.20 Å². The lowest BCUT2D eigenvalue weighted by atomic mass is 10.0. The van der Waals surface area contributed by atoms with E-state index in [0.717, 1.165) is 25.2 Å². The molecule has 2 heterocycles. The summed E-state index contributed by atoms with van der Waals surface area (Å²) in [5, 5.41) is 0.569. The molecule has 4 nitrogen and oxygen atoms in total. The van der Waals surface area contributed by atoms with Gasteiger partial charge in [-0.1, -0.05) is 11.6 Å². The maximum atomic E-state index is 6.08. The molecule has 0 aromatic carbocycles. The smallest absolute Gasteiger partial charge is 0.222 e. The largest absolute Gasteiger partial charge is 0.368 e.